The first-order valence-electron chi connectivity index (χ1n) is 6.78. The maximum absolute atomic E-state index is 6.35. The van der Waals surface area contributed by atoms with Gasteiger partial charge in [0.2, 0.25) is 0 Å². The van der Waals surface area contributed by atoms with Crippen LogP contribution in [0.15, 0.2) is 48.8 Å². The zero-order chi connectivity index (χ0) is 15.5. The lowest BCUT2D eigenvalue weighted by atomic mass is 10.0. The molecule has 4 nitrogen and oxygen atoms in total. The van der Waals surface area contributed by atoms with Gasteiger partial charge in [-0.1, -0.05) is 41.4 Å². The molecule has 0 radical (unpaired) electrons. The van der Waals surface area contributed by atoms with Crippen molar-refractivity contribution in [2.24, 2.45) is 0 Å². The van der Waals surface area contributed by atoms with Crippen molar-refractivity contribution in [3.8, 4) is 0 Å². The number of benzene rings is 1. The van der Waals surface area contributed by atoms with Crippen LogP contribution in [-0.4, -0.2) is 15.2 Å². The molecular weight excluding hydrogens is 319 g/mol. The van der Waals surface area contributed by atoms with Gasteiger partial charge in [0.05, 0.1) is 17.9 Å². The van der Waals surface area contributed by atoms with Crippen LogP contribution in [0.5, 0.6) is 0 Å². The zero-order valence-corrected chi connectivity index (χ0v) is 13.4. The largest absolute Gasteiger partial charge is 0.371 e. The van der Waals surface area contributed by atoms with E-state index in [2.05, 4.69) is 20.5 Å². The molecule has 0 bridgehead atoms. The van der Waals surface area contributed by atoms with Gasteiger partial charge in [-0.05, 0) is 30.7 Å². The summed E-state index contributed by atoms with van der Waals surface area (Å²) in [5.41, 5.74) is 3.53. The average Bonchev–Trinajstić information content (AvgIpc) is 3.02. The maximum Gasteiger partial charge on any atom is 0.152 e. The first-order valence-corrected chi connectivity index (χ1v) is 7.53. The monoisotopic (exact) mass is 332 g/mol. The second-order valence-electron chi connectivity index (χ2n) is 4.92. The third-order valence-corrected chi connectivity index (χ3v) is 3.99. The number of pyridine rings is 1. The van der Waals surface area contributed by atoms with Gasteiger partial charge in [0, 0.05) is 22.5 Å². The number of halogens is 2. The third-order valence-electron chi connectivity index (χ3n) is 3.36. The van der Waals surface area contributed by atoms with E-state index in [9.17, 15) is 0 Å². The highest BCUT2D eigenvalue weighted by molar-refractivity contribution is 6.32. The van der Waals surface area contributed by atoms with Crippen LogP contribution in [0.4, 0.5) is 5.69 Å². The molecule has 1 aromatic carbocycles. The molecular formula is C16H14Cl2N4. The van der Waals surface area contributed by atoms with Crippen molar-refractivity contribution < 1.29 is 0 Å². The summed E-state index contributed by atoms with van der Waals surface area (Å²) >= 11 is 12.6. The second kappa shape index (κ2) is 6.38. The molecule has 0 aliphatic rings. The number of aryl methyl sites for hydroxylation is 1. The first kappa shape index (κ1) is 14.9. The summed E-state index contributed by atoms with van der Waals surface area (Å²) in [6.07, 6.45) is 3.59. The van der Waals surface area contributed by atoms with Crippen LogP contribution < -0.4 is 5.32 Å². The Kier molecular flexibility index (Phi) is 4.32. The Morgan fingerprint density at radius 1 is 1.14 bits per heavy atom. The molecule has 6 heteroatoms. The predicted octanol–water partition coefficient (Wildman–Crippen LogP) is 4.62. The number of rotatable bonds is 4. The van der Waals surface area contributed by atoms with Crippen LogP contribution in [0.2, 0.25) is 10.2 Å². The van der Waals surface area contributed by atoms with E-state index in [0.29, 0.717) is 10.2 Å². The van der Waals surface area contributed by atoms with Crippen LogP contribution in [0.3, 0.4) is 0 Å². The van der Waals surface area contributed by atoms with Crippen molar-refractivity contribution in [2.45, 2.75) is 13.0 Å². The van der Waals surface area contributed by atoms with Gasteiger partial charge in [-0.2, -0.15) is 5.10 Å². The van der Waals surface area contributed by atoms with E-state index in [1.807, 2.05) is 49.5 Å². The summed E-state index contributed by atoms with van der Waals surface area (Å²) in [7, 11) is 0. The lowest BCUT2D eigenvalue weighted by Gasteiger charge is -2.21. The Balaban J connectivity index is 2.02. The molecule has 22 heavy (non-hydrogen) atoms. The summed E-state index contributed by atoms with van der Waals surface area (Å²) < 4.78 is 0. The number of hydrogen-bond donors (Lipinski definition) is 2. The van der Waals surface area contributed by atoms with E-state index in [1.165, 1.54) is 0 Å². The Hall–Kier alpha value is -2.04. The van der Waals surface area contributed by atoms with Crippen molar-refractivity contribution in [1.29, 1.82) is 0 Å². The third kappa shape index (κ3) is 3.08. The SMILES string of the molecule is Cc1ccc(NC(c2cn[nH]c2)c2ccccc2Cl)c(Cl)n1. The van der Waals surface area contributed by atoms with Crippen molar-refractivity contribution in [3.63, 3.8) is 0 Å². The van der Waals surface area contributed by atoms with Gasteiger partial charge in [-0.15, -0.1) is 0 Å². The van der Waals surface area contributed by atoms with Crippen LogP contribution in [0, 0.1) is 6.92 Å². The summed E-state index contributed by atoms with van der Waals surface area (Å²) in [5, 5.41) is 11.4. The zero-order valence-electron chi connectivity index (χ0n) is 11.8. The molecule has 2 heterocycles. The Morgan fingerprint density at radius 3 is 2.64 bits per heavy atom. The van der Waals surface area contributed by atoms with Crippen molar-refractivity contribution in [3.05, 3.63) is 75.8 Å². The fourth-order valence-corrected chi connectivity index (χ4v) is 2.75. The van der Waals surface area contributed by atoms with E-state index in [0.717, 1.165) is 22.5 Å². The van der Waals surface area contributed by atoms with Gasteiger partial charge in [-0.25, -0.2) is 4.98 Å². The molecule has 3 rings (SSSR count). The van der Waals surface area contributed by atoms with Gasteiger partial charge in [0.25, 0.3) is 0 Å². The van der Waals surface area contributed by atoms with Gasteiger partial charge < -0.3 is 5.32 Å². The minimum atomic E-state index is -0.172. The average molecular weight is 333 g/mol. The van der Waals surface area contributed by atoms with E-state index in [1.54, 1.807) is 6.20 Å². The quantitative estimate of drug-likeness (QED) is 0.685. The fourth-order valence-electron chi connectivity index (χ4n) is 2.26. The number of anilines is 1. The number of H-pyrrole nitrogens is 1. The summed E-state index contributed by atoms with van der Waals surface area (Å²) in [6.45, 7) is 1.90. The second-order valence-corrected chi connectivity index (χ2v) is 5.69. The van der Waals surface area contributed by atoms with Crippen LogP contribution in [0.1, 0.15) is 22.9 Å². The molecule has 2 aromatic heterocycles. The molecule has 0 amide bonds. The van der Waals surface area contributed by atoms with E-state index in [-0.39, 0.29) is 6.04 Å². The minimum absolute atomic E-state index is 0.172. The summed E-state index contributed by atoms with van der Waals surface area (Å²) in [6, 6.07) is 11.3. The number of aromatic amines is 1. The van der Waals surface area contributed by atoms with E-state index in [4.69, 9.17) is 23.2 Å². The van der Waals surface area contributed by atoms with Gasteiger partial charge >= 0.3 is 0 Å². The minimum Gasteiger partial charge on any atom is -0.371 e. The molecule has 0 aliphatic heterocycles. The molecule has 1 atom stereocenters. The lowest BCUT2D eigenvalue weighted by Crippen LogP contribution is -2.13. The number of nitrogens with one attached hydrogen (secondary N) is 2. The van der Waals surface area contributed by atoms with Crippen LogP contribution in [0.25, 0.3) is 0 Å². The van der Waals surface area contributed by atoms with E-state index < -0.39 is 0 Å². The number of nitrogens with zero attached hydrogens (tertiary/aromatic N) is 2. The Bertz CT molecular complexity index is 772. The molecule has 2 N–H and O–H groups in total. The fraction of sp³-hybridized carbons (Fsp3) is 0.125. The number of hydrogen-bond acceptors (Lipinski definition) is 3. The summed E-state index contributed by atoms with van der Waals surface area (Å²) in [5.74, 6) is 0. The smallest absolute Gasteiger partial charge is 0.152 e. The summed E-state index contributed by atoms with van der Waals surface area (Å²) in [4.78, 5) is 4.27. The van der Waals surface area contributed by atoms with Crippen molar-refractivity contribution >= 4 is 28.9 Å². The van der Waals surface area contributed by atoms with Crippen LogP contribution >= 0.6 is 23.2 Å². The highest BCUT2D eigenvalue weighted by Crippen LogP contribution is 2.32. The molecule has 0 saturated heterocycles. The highest BCUT2D eigenvalue weighted by Gasteiger charge is 2.19. The molecule has 0 fully saturated rings. The maximum atomic E-state index is 6.35. The molecule has 0 spiro atoms. The standard InChI is InChI=1S/C16H14Cl2N4/c1-10-6-7-14(16(18)21-10)22-15(11-8-19-20-9-11)12-4-2-3-5-13(12)17/h2-9,15,22H,1H3,(H,19,20). The van der Waals surface area contributed by atoms with Gasteiger partial charge in [0.15, 0.2) is 5.15 Å². The van der Waals surface area contributed by atoms with Crippen LogP contribution in [-0.2, 0) is 0 Å². The normalized spacial score (nSPS) is 12.1. The molecule has 1 unspecified atom stereocenters. The van der Waals surface area contributed by atoms with Gasteiger partial charge in [0.1, 0.15) is 0 Å². The molecule has 112 valence electrons. The van der Waals surface area contributed by atoms with Crippen molar-refractivity contribution in [1.82, 2.24) is 15.2 Å². The molecule has 0 saturated carbocycles. The first-order chi connectivity index (χ1) is 10.6. The lowest BCUT2D eigenvalue weighted by molar-refractivity contribution is 0.937. The Labute approximate surface area is 138 Å². The molecule has 3 aromatic rings. The predicted molar refractivity (Wildman–Crippen MR) is 89.5 cm³/mol. The molecule has 0 aliphatic carbocycles. The Morgan fingerprint density at radius 2 is 1.95 bits per heavy atom. The number of aromatic nitrogens is 3. The topological polar surface area (TPSA) is 53.6 Å². The van der Waals surface area contributed by atoms with Crippen molar-refractivity contribution in [2.75, 3.05) is 5.32 Å². The van der Waals surface area contributed by atoms with E-state index >= 15 is 0 Å². The van der Waals surface area contributed by atoms with Gasteiger partial charge in [-0.3, -0.25) is 5.10 Å². The highest BCUT2D eigenvalue weighted by atomic mass is 35.5.